The molecule has 0 aliphatic carbocycles. The molecule has 0 saturated heterocycles. The molecule has 0 bridgehead atoms. The molecule has 5 N–H and O–H groups in total. The third-order valence-electron chi connectivity index (χ3n) is 4.49. The van der Waals surface area contributed by atoms with Gasteiger partial charge in [0.25, 0.3) is 0 Å². The molecule has 0 radical (unpaired) electrons. The highest BCUT2D eigenvalue weighted by Gasteiger charge is 2.26. The van der Waals surface area contributed by atoms with E-state index in [0.29, 0.717) is 29.4 Å². The largest absolute Gasteiger partial charge is 0.404 e. The number of allylic oxidation sites excluding steroid dienone is 1. The lowest BCUT2D eigenvalue weighted by molar-refractivity contribution is 0.969. The van der Waals surface area contributed by atoms with Crippen LogP contribution < -0.4 is 15.5 Å². The van der Waals surface area contributed by atoms with Gasteiger partial charge >= 0.3 is 0 Å². The Morgan fingerprint density at radius 1 is 1.15 bits per heavy atom. The Kier molecular flexibility index (Phi) is 5.28. The van der Waals surface area contributed by atoms with Crippen LogP contribution in [-0.2, 0) is 0 Å². The predicted molar refractivity (Wildman–Crippen MR) is 114 cm³/mol. The van der Waals surface area contributed by atoms with E-state index in [1.807, 2.05) is 42.5 Å². The lowest BCUT2D eigenvalue weighted by atomic mass is 10.0. The third-order valence-corrected chi connectivity index (χ3v) is 4.74. The van der Waals surface area contributed by atoms with Crippen molar-refractivity contribution in [2.24, 2.45) is 5.73 Å². The Bertz CT molecular complexity index is 932. The molecule has 1 heterocycles. The molecular weight excluding hydrogens is 360 g/mol. The van der Waals surface area contributed by atoms with Gasteiger partial charge in [-0.1, -0.05) is 17.7 Å². The van der Waals surface area contributed by atoms with Crippen LogP contribution in [0.4, 0.5) is 17.1 Å². The number of nitrogens with zero attached hydrogens (tertiary/aromatic N) is 2. The minimum absolute atomic E-state index is 0.286. The van der Waals surface area contributed by atoms with Gasteiger partial charge in [-0.25, -0.2) is 0 Å². The molecule has 27 heavy (non-hydrogen) atoms. The van der Waals surface area contributed by atoms with Gasteiger partial charge in [-0.2, -0.15) is 0 Å². The van der Waals surface area contributed by atoms with Crippen molar-refractivity contribution in [2.45, 2.75) is 13.3 Å². The van der Waals surface area contributed by atoms with Crippen LogP contribution in [0.5, 0.6) is 0 Å². The zero-order chi connectivity index (χ0) is 19.6. The van der Waals surface area contributed by atoms with Crippen molar-refractivity contribution in [2.75, 3.05) is 16.3 Å². The summed E-state index contributed by atoms with van der Waals surface area (Å²) in [5, 5.41) is 24.8. The number of nitrogens with one attached hydrogen (secondary N) is 3. The molecule has 2 aromatic carbocycles. The summed E-state index contributed by atoms with van der Waals surface area (Å²) in [4.78, 5) is 3.75. The molecule has 0 atom stereocenters. The molecule has 0 fully saturated rings. The number of hydrogen-bond acceptors (Lipinski definition) is 5. The monoisotopic (exact) mass is 380 g/mol. The zero-order valence-electron chi connectivity index (χ0n) is 15.0. The molecule has 3 rings (SSSR count). The van der Waals surface area contributed by atoms with Gasteiger partial charge in [0, 0.05) is 41.7 Å². The normalized spacial score (nSPS) is 14.6. The first-order chi connectivity index (χ1) is 13.0. The van der Waals surface area contributed by atoms with Gasteiger partial charge in [-0.05, 0) is 48.9 Å². The number of anilines is 3. The van der Waals surface area contributed by atoms with E-state index in [2.05, 4.69) is 4.90 Å². The summed E-state index contributed by atoms with van der Waals surface area (Å²) in [6, 6.07) is 13.2. The number of nitrogens with two attached hydrogens (primary N) is 1. The average Bonchev–Trinajstić information content (AvgIpc) is 2.79. The summed E-state index contributed by atoms with van der Waals surface area (Å²) >= 11 is 6.04. The Hall–Kier alpha value is -3.12. The van der Waals surface area contributed by atoms with Crippen LogP contribution in [0, 0.1) is 16.2 Å². The highest BCUT2D eigenvalue weighted by atomic mass is 35.5. The summed E-state index contributed by atoms with van der Waals surface area (Å²) in [5.41, 5.74) is 9.63. The van der Waals surface area contributed by atoms with E-state index in [0.717, 1.165) is 22.6 Å². The third kappa shape index (κ3) is 3.57. The Balaban J connectivity index is 2.23. The van der Waals surface area contributed by atoms with Gasteiger partial charge in [-0.3, -0.25) is 15.7 Å². The molecule has 0 spiro atoms. The number of hydrogen-bond donors (Lipinski definition) is 4. The fourth-order valence-corrected chi connectivity index (χ4v) is 3.33. The quantitative estimate of drug-likeness (QED) is 0.461. The summed E-state index contributed by atoms with van der Waals surface area (Å²) in [6.07, 6.45) is 3.11. The maximum absolute atomic E-state index is 8.41. The molecule has 1 aliphatic heterocycles. The first-order valence-electron chi connectivity index (χ1n) is 8.49. The number of halogens is 1. The zero-order valence-corrected chi connectivity index (χ0v) is 15.7. The molecular formula is C20H21ClN6. The summed E-state index contributed by atoms with van der Waals surface area (Å²) < 4.78 is 0. The van der Waals surface area contributed by atoms with Crippen molar-refractivity contribution in [1.29, 1.82) is 16.2 Å². The summed E-state index contributed by atoms with van der Waals surface area (Å²) in [7, 11) is 0. The van der Waals surface area contributed by atoms with Gasteiger partial charge in [0.2, 0.25) is 0 Å². The first-order valence-corrected chi connectivity index (χ1v) is 8.86. The van der Waals surface area contributed by atoms with Crippen molar-refractivity contribution in [3.05, 3.63) is 59.3 Å². The van der Waals surface area contributed by atoms with Crippen molar-refractivity contribution in [3.8, 4) is 0 Å². The highest BCUT2D eigenvalue weighted by Crippen LogP contribution is 2.39. The average molecular weight is 381 g/mol. The lowest BCUT2D eigenvalue weighted by Crippen LogP contribution is -2.33. The fourth-order valence-electron chi connectivity index (χ4n) is 3.20. The van der Waals surface area contributed by atoms with E-state index >= 15 is 0 Å². The lowest BCUT2D eigenvalue weighted by Gasteiger charge is -2.27. The number of rotatable bonds is 3. The van der Waals surface area contributed by atoms with Crippen molar-refractivity contribution >= 4 is 52.1 Å². The van der Waals surface area contributed by atoms with Crippen LogP contribution in [0.2, 0.25) is 5.02 Å². The van der Waals surface area contributed by atoms with Gasteiger partial charge in [0.05, 0.1) is 11.4 Å². The minimum atomic E-state index is 0.286. The SMILES string of the molecule is CC(=N)N1C(=N)CCN(c2ccc(Cl)cc2)c2cc(/C(C=N)=C/N)ccc21. The van der Waals surface area contributed by atoms with E-state index < -0.39 is 0 Å². The fraction of sp³-hybridized carbons (Fsp3) is 0.150. The van der Waals surface area contributed by atoms with Gasteiger partial charge in [0.1, 0.15) is 11.7 Å². The van der Waals surface area contributed by atoms with Gasteiger partial charge in [0.15, 0.2) is 0 Å². The van der Waals surface area contributed by atoms with E-state index in [1.165, 1.54) is 12.4 Å². The summed E-state index contributed by atoms with van der Waals surface area (Å²) in [6.45, 7) is 2.26. The Morgan fingerprint density at radius 2 is 1.85 bits per heavy atom. The summed E-state index contributed by atoms with van der Waals surface area (Å²) in [5.74, 6) is 0.656. The van der Waals surface area contributed by atoms with E-state index in [4.69, 9.17) is 33.6 Å². The van der Waals surface area contributed by atoms with Crippen LogP contribution in [0.25, 0.3) is 5.57 Å². The molecule has 138 valence electrons. The molecule has 0 unspecified atom stereocenters. The second-order valence-corrected chi connectivity index (χ2v) is 6.65. The Morgan fingerprint density at radius 3 is 2.44 bits per heavy atom. The molecule has 0 saturated carbocycles. The van der Waals surface area contributed by atoms with Crippen molar-refractivity contribution in [3.63, 3.8) is 0 Å². The number of amidine groups is 2. The minimum Gasteiger partial charge on any atom is -0.404 e. The molecule has 0 amide bonds. The van der Waals surface area contributed by atoms with E-state index in [1.54, 1.807) is 11.8 Å². The second kappa shape index (κ2) is 7.63. The van der Waals surface area contributed by atoms with Crippen LogP contribution >= 0.6 is 11.6 Å². The number of fused-ring (bicyclic) bond motifs is 1. The molecule has 1 aliphatic rings. The van der Waals surface area contributed by atoms with Crippen molar-refractivity contribution < 1.29 is 0 Å². The molecule has 0 aromatic heterocycles. The predicted octanol–water partition coefficient (Wildman–Crippen LogP) is 4.61. The standard InChI is InChI=1S/C20H21ClN6/c1-13(24)27-18-7-2-14(15(11-22)12-23)10-19(18)26(9-8-20(27)25)17-5-3-16(21)4-6-17/h2-7,10-12,22,24-25H,8-9,23H2,1H3/b15-12+,22-11?,24-13?,25-20?. The Labute approximate surface area is 163 Å². The van der Waals surface area contributed by atoms with Crippen LogP contribution in [0.1, 0.15) is 18.9 Å². The molecule has 6 nitrogen and oxygen atoms in total. The number of benzene rings is 2. The topological polar surface area (TPSA) is 104 Å². The van der Waals surface area contributed by atoms with Gasteiger partial charge < -0.3 is 16.0 Å². The van der Waals surface area contributed by atoms with Crippen molar-refractivity contribution in [1.82, 2.24) is 0 Å². The maximum Gasteiger partial charge on any atom is 0.108 e. The smallest absolute Gasteiger partial charge is 0.108 e. The van der Waals surface area contributed by atoms with Gasteiger partial charge in [-0.15, -0.1) is 0 Å². The van der Waals surface area contributed by atoms with E-state index in [-0.39, 0.29) is 5.84 Å². The second-order valence-electron chi connectivity index (χ2n) is 6.22. The highest BCUT2D eigenvalue weighted by molar-refractivity contribution is 6.30. The maximum atomic E-state index is 8.41. The molecule has 2 aromatic rings. The first kappa shape index (κ1) is 18.7. The van der Waals surface area contributed by atoms with Crippen LogP contribution in [-0.4, -0.2) is 24.4 Å². The van der Waals surface area contributed by atoms with E-state index in [9.17, 15) is 0 Å². The van der Waals surface area contributed by atoms with Crippen LogP contribution in [0.15, 0.2) is 48.7 Å². The van der Waals surface area contributed by atoms with Crippen LogP contribution in [0.3, 0.4) is 0 Å². The molecule has 7 heteroatoms.